The molecule has 23 heavy (non-hydrogen) atoms. The fraction of sp³-hybridized carbons (Fsp3) is 0.529. The van der Waals surface area contributed by atoms with Gasteiger partial charge in [-0.05, 0) is 12.1 Å². The van der Waals surface area contributed by atoms with Crippen LogP contribution in [0.3, 0.4) is 0 Å². The lowest BCUT2D eigenvalue weighted by atomic mass is 9.87. The van der Waals surface area contributed by atoms with Crippen LogP contribution in [0, 0.1) is 11.8 Å². The number of carboxylic acid groups (broad SMARTS) is 1. The van der Waals surface area contributed by atoms with E-state index >= 15 is 0 Å². The van der Waals surface area contributed by atoms with Gasteiger partial charge in [-0.15, -0.1) is 0 Å². The minimum atomic E-state index is -1.15. The normalized spacial score (nSPS) is 40.3. The Balaban J connectivity index is 1.58. The van der Waals surface area contributed by atoms with Crippen molar-refractivity contribution in [3.05, 3.63) is 35.4 Å². The van der Waals surface area contributed by atoms with Crippen LogP contribution in [-0.4, -0.2) is 47.6 Å². The fourth-order valence-corrected chi connectivity index (χ4v) is 4.16. The highest BCUT2D eigenvalue weighted by atomic mass is 16.6. The average Bonchev–Trinajstić information content (AvgIpc) is 2.96. The van der Waals surface area contributed by atoms with E-state index in [0.717, 1.165) is 0 Å². The Kier molecular flexibility index (Phi) is 3.21. The van der Waals surface area contributed by atoms with E-state index in [-0.39, 0.29) is 47.4 Å². The molecule has 4 saturated heterocycles. The molecule has 1 N–H and O–H groups in total. The first-order chi connectivity index (χ1) is 11.0. The van der Waals surface area contributed by atoms with E-state index in [0.29, 0.717) is 0 Å². The van der Waals surface area contributed by atoms with Gasteiger partial charge in [0.05, 0.1) is 23.3 Å². The second-order valence-corrected chi connectivity index (χ2v) is 6.57. The van der Waals surface area contributed by atoms with E-state index in [1.165, 1.54) is 12.1 Å². The molecule has 0 amide bonds. The maximum atomic E-state index is 12.5. The van der Waals surface area contributed by atoms with Crippen molar-refractivity contribution < 1.29 is 28.9 Å². The molecule has 1 aromatic rings. The molecule has 4 bridgehead atoms. The summed E-state index contributed by atoms with van der Waals surface area (Å²) in [5.41, 5.74) is -0.00812. The van der Waals surface area contributed by atoms with Gasteiger partial charge in [0.15, 0.2) is 6.10 Å². The highest BCUT2D eigenvalue weighted by Gasteiger charge is 2.65. The third kappa shape index (κ3) is 2.01. The molecule has 4 aliphatic heterocycles. The topological polar surface area (TPSA) is 82.1 Å². The SMILES string of the molecule is C[C@@H]1[C@H]2OC3[C@H](C)[C@@H]1O[C@@H]2[C@H]3OC(=O)c1ccccc1C(=O)O. The van der Waals surface area contributed by atoms with E-state index in [9.17, 15) is 14.7 Å². The molecule has 0 aliphatic carbocycles. The van der Waals surface area contributed by atoms with Gasteiger partial charge in [-0.1, -0.05) is 26.0 Å². The van der Waals surface area contributed by atoms with Crippen molar-refractivity contribution in [2.75, 3.05) is 0 Å². The van der Waals surface area contributed by atoms with Crippen LogP contribution < -0.4 is 0 Å². The Morgan fingerprint density at radius 3 is 2.26 bits per heavy atom. The summed E-state index contributed by atoms with van der Waals surface area (Å²) in [6.45, 7) is 4.13. The number of rotatable bonds is 3. The molecule has 1 aromatic carbocycles. The monoisotopic (exact) mass is 318 g/mol. The van der Waals surface area contributed by atoms with Gasteiger partial charge >= 0.3 is 11.9 Å². The standard InChI is InChI=1S/C17H18O6/c1-7-11-8(2)13-15(14(21-11)12(7)22-13)23-17(20)10-6-4-3-5-9(10)16(18)19/h3-8,11-15H,1-2H3,(H,18,19)/t7-,8+,11+,12+,13?,14-,15-/m0/s1. The number of esters is 1. The Morgan fingerprint density at radius 2 is 1.57 bits per heavy atom. The number of carbonyl (C=O) groups is 2. The van der Waals surface area contributed by atoms with Gasteiger partial charge in [0.25, 0.3) is 0 Å². The number of hydrogen-bond donors (Lipinski definition) is 1. The molecular formula is C17H18O6. The van der Waals surface area contributed by atoms with Crippen molar-refractivity contribution in [3.63, 3.8) is 0 Å². The molecule has 0 saturated carbocycles. The van der Waals surface area contributed by atoms with Gasteiger partial charge in [0.1, 0.15) is 12.2 Å². The highest BCUT2D eigenvalue weighted by molar-refractivity contribution is 6.02. The van der Waals surface area contributed by atoms with Crippen LogP contribution in [0.2, 0.25) is 0 Å². The molecule has 7 atom stereocenters. The maximum Gasteiger partial charge on any atom is 0.339 e. The van der Waals surface area contributed by atoms with E-state index in [4.69, 9.17) is 14.2 Å². The minimum absolute atomic E-state index is 0.0475. The van der Waals surface area contributed by atoms with Crippen LogP contribution in [0.1, 0.15) is 34.6 Å². The van der Waals surface area contributed by atoms with Crippen molar-refractivity contribution >= 4 is 11.9 Å². The van der Waals surface area contributed by atoms with Gasteiger partial charge in [-0.25, -0.2) is 9.59 Å². The molecule has 0 spiro atoms. The average molecular weight is 318 g/mol. The molecule has 4 aliphatic rings. The summed E-state index contributed by atoms with van der Waals surface area (Å²) >= 11 is 0. The summed E-state index contributed by atoms with van der Waals surface area (Å²) < 4.78 is 17.6. The summed E-state index contributed by atoms with van der Waals surface area (Å²) in [6.07, 6.45) is -0.817. The maximum absolute atomic E-state index is 12.5. The largest absolute Gasteiger partial charge is 0.478 e. The molecular weight excluding hydrogens is 300 g/mol. The number of benzene rings is 1. The first kappa shape index (κ1) is 14.7. The van der Waals surface area contributed by atoms with Crippen molar-refractivity contribution in [1.82, 2.24) is 0 Å². The van der Waals surface area contributed by atoms with Gasteiger partial charge in [-0.2, -0.15) is 0 Å². The zero-order valence-electron chi connectivity index (χ0n) is 12.8. The number of ether oxygens (including phenoxy) is 3. The van der Waals surface area contributed by atoms with Gasteiger partial charge in [0, 0.05) is 11.8 Å². The lowest BCUT2D eigenvalue weighted by Crippen LogP contribution is -2.49. The van der Waals surface area contributed by atoms with Crippen LogP contribution in [0.15, 0.2) is 24.3 Å². The van der Waals surface area contributed by atoms with Crippen LogP contribution in [0.25, 0.3) is 0 Å². The van der Waals surface area contributed by atoms with Crippen molar-refractivity contribution in [2.45, 2.75) is 44.4 Å². The molecule has 122 valence electrons. The summed E-state index contributed by atoms with van der Waals surface area (Å²) in [6, 6.07) is 6.05. The van der Waals surface area contributed by atoms with E-state index < -0.39 is 18.0 Å². The summed E-state index contributed by atoms with van der Waals surface area (Å²) in [7, 11) is 0. The Bertz CT molecular complexity index is 667. The van der Waals surface area contributed by atoms with Crippen molar-refractivity contribution in [3.8, 4) is 0 Å². The zero-order valence-corrected chi connectivity index (χ0v) is 12.8. The summed E-state index contributed by atoms with van der Waals surface area (Å²) in [4.78, 5) is 23.7. The highest BCUT2D eigenvalue weighted by Crippen LogP contribution is 2.50. The smallest absolute Gasteiger partial charge is 0.339 e. The Hall–Kier alpha value is -1.92. The van der Waals surface area contributed by atoms with E-state index in [2.05, 4.69) is 6.92 Å². The molecule has 0 aromatic heterocycles. The predicted octanol–water partition coefficient (Wildman–Crippen LogP) is 1.73. The second-order valence-electron chi connectivity index (χ2n) is 6.57. The number of hydrogen-bond acceptors (Lipinski definition) is 5. The van der Waals surface area contributed by atoms with Crippen LogP contribution in [0.5, 0.6) is 0 Å². The lowest BCUT2D eigenvalue weighted by molar-refractivity contribution is -0.152. The zero-order chi connectivity index (χ0) is 16.3. The van der Waals surface area contributed by atoms with Crippen LogP contribution in [-0.2, 0) is 14.2 Å². The second kappa shape index (κ2) is 5.04. The molecule has 4 fully saturated rings. The molecule has 4 heterocycles. The van der Waals surface area contributed by atoms with Crippen LogP contribution >= 0.6 is 0 Å². The summed E-state index contributed by atoms with van der Waals surface area (Å²) in [5, 5.41) is 9.21. The quantitative estimate of drug-likeness (QED) is 0.855. The molecule has 6 nitrogen and oxygen atoms in total. The first-order valence-electron chi connectivity index (χ1n) is 7.83. The summed E-state index contributed by atoms with van der Waals surface area (Å²) in [5.74, 6) is -1.37. The van der Waals surface area contributed by atoms with E-state index in [1.807, 2.05) is 6.92 Å². The van der Waals surface area contributed by atoms with E-state index in [1.54, 1.807) is 12.1 Å². The van der Waals surface area contributed by atoms with Gasteiger partial charge in [0.2, 0.25) is 0 Å². The molecule has 6 heteroatoms. The lowest BCUT2D eigenvalue weighted by Gasteiger charge is -2.38. The molecule has 1 unspecified atom stereocenters. The van der Waals surface area contributed by atoms with Crippen molar-refractivity contribution in [1.29, 1.82) is 0 Å². The number of aromatic carboxylic acids is 1. The number of carbonyl (C=O) groups excluding carboxylic acids is 1. The third-order valence-corrected chi connectivity index (χ3v) is 5.29. The first-order valence-corrected chi connectivity index (χ1v) is 7.83. The Morgan fingerprint density at radius 1 is 0.957 bits per heavy atom. The third-order valence-electron chi connectivity index (χ3n) is 5.29. The Labute approximate surface area is 133 Å². The molecule has 0 radical (unpaired) electrons. The fourth-order valence-electron chi connectivity index (χ4n) is 4.16. The minimum Gasteiger partial charge on any atom is -0.478 e. The van der Waals surface area contributed by atoms with Crippen LogP contribution in [0.4, 0.5) is 0 Å². The van der Waals surface area contributed by atoms with Crippen molar-refractivity contribution in [2.24, 2.45) is 11.8 Å². The number of carboxylic acids is 1. The van der Waals surface area contributed by atoms with Gasteiger partial charge in [-0.3, -0.25) is 0 Å². The molecule has 5 rings (SSSR count). The predicted molar refractivity (Wildman–Crippen MR) is 78.3 cm³/mol. The van der Waals surface area contributed by atoms with Gasteiger partial charge < -0.3 is 19.3 Å².